The van der Waals surface area contributed by atoms with Crippen LogP contribution in [0, 0.1) is 0 Å². The number of nitrogens with two attached hydrogens (primary N) is 1. The molecule has 1 aliphatic heterocycles. The number of nitrogens with one attached hydrogen (secondary N) is 1. The summed E-state index contributed by atoms with van der Waals surface area (Å²) in [7, 11) is 0. The summed E-state index contributed by atoms with van der Waals surface area (Å²) < 4.78 is 1.92. The largest absolute Gasteiger partial charge is 0.347 e. The van der Waals surface area contributed by atoms with E-state index >= 15 is 0 Å². The van der Waals surface area contributed by atoms with Gasteiger partial charge >= 0.3 is 0 Å². The molecule has 28 heavy (non-hydrogen) atoms. The topological polar surface area (TPSA) is 72.9 Å². The standard InChI is InChI=1S/C20H20Cl2N4OS/c21-13-5-3-12(4-6-13)8-14(10-23)25-20(27)18-9-15-17(28-18)2-1-7-26-19(15)16(22)11-24-26/h3-6,9,11,14H,1-2,7-8,10,23H2,(H,25,27). The Balaban J connectivity index is 1.53. The number of nitrogens with zero attached hydrogens (tertiary/aromatic N) is 2. The van der Waals surface area contributed by atoms with Gasteiger partial charge in [-0.3, -0.25) is 9.48 Å². The molecule has 0 saturated heterocycles. The lowest BCUT2D eigenvalue weighted by molar-refractivity contribution is 0.0942. The van der Waals surface area contributed by atoms with Crippen molar-refractivity contribution in [1.29, 1.82) is 0 Å². The van der Waals surface area contributed by atoms with Gasteiger partial charge in [0, 0.05) is 34.6 Å². The van der Waals surface area contributed by atoms with Crippen molar-refractivity contribution >= 4 is 40.4 Å². The monoisotopic (exact) mass is 434 g/mol. The predicted octanol–water partition coefficient (Wildman–Crippen LogP) is 4.16. The van der Waals surface area contributed by atoms with E-state index in [1.807, 2.05) is 35.0 Å². The molecule has 8 heteroatoms. The molecule has 0 radical (unpaired) electrons. The number of hydrogen-bond acceptors (Lipinski definition) is 4. The first-order valence-corrected chi connectivity index (χ1v) is 10.7. The lowest BCUT2D eigenvalue weighted by Crippen LogP contribution is -2.41. The van der Waals surface area contributed by atoms with Crippen LogP contribution < -0.4 is 11.1 Å². The van der Waals surface area contributed by atoms with E-state index < -0.39 is 0 Å². The number of thiophene rings is 1. The highest BCUT2D eigenvalue weighted by Crippen LogP contribution is 2.38. The van der Waals surface area contributed by atoms with Gasteiger partial charge in [-0.2, -0.15) is 5.10 Å². The maximum atomic E-state index is 12.9. The second-order valence-corrected chi connectivity index (χ2v) is 8.83. The molecular weight excluding hydrogens is 415 g/mol. The number of aryl methyl sites for hydroxylation is 2. The quantitative estimate of drug-likeness (QED) is 0.632. The molecular formula is C20H20Cl2N4OS. The third-order valence-corrected chi connectivity index (χ3v) is 6.59. The molecule has 0 spiro atoms. The number of rotatable bonds is 5. The highest BCUT2D eigenvalue weighted by atomic mass is 35.5. The summed E-state index contributed by atoms with van der Waals surface area (Å²) in [6, 6.07) is 9.37. The molecule has 3 aromatic rings. The van der Waals surface area contributed by atoms with Crippen LogP contribution in [0.4, 0.5) is 0 Å². The van der Waals surface area contributed by atoms with E-state index in [9.17, 15) is 4.79 Å². The SMILES string of the molecule is NCC(Cc1ccc(Cl)cc1)NC(=O)c1cc2c(s1)CCCn1ncc(Cl)c1-2. The van der Waals surface area contributed by atoms with Crippen LogP contribution in [0.5, 0.6) is 0 Å². The molecule has 146 valence electrons. The Hall–Kier alpha value is -1.86. The van der Waals surface area contributed by atoms with Crippen molar-refractivity contribution in [1.82, 2.24) is 15.1 Å². The van der Waals surface area contributed by atoms with E-state index in [4.69, 9.17) is 28.9 Å². The van der Waals surface area contributed by atoms with Gasteiger partial charge in [0.2, 0.25) is 0 Å². The summed E-state index contributed by atoms with van der Waals surface area (Å²) in [4.78, 5) is 14.7. The highest BCUT2D eigenvalue weighted by molar-refractivity contribution is 7.14. The average Bonchev–Trinajstić information content (AvgIpc) is 3.22. The number of hydrogen-bond donors (Lipinski definition) is 2. The van der Waals surface area contributed by atoms with Gasteiger partial charge < -0.3 is 11.1 Å². The summed E-state index contributed by atoms with van der Waals surface area (Å²) in [5.41, 5.74) is 8.89. The highest BCUT2D eigenvalue weighted by Gasteiger charge is 2.24. The van der Waals surface area contributed by atoms with E-state index in [1.54, 1.807) is 6.20 Å². The van der Waals surface area contributed by atoms with Crippen molar-refractivity contribution in [2.45, 2.75) is 31.8 Å². The molecule has 3 heterocycles. The Labute approximate surface area is 177 Å². The summed E-state index contributed by atoms with van der Waals surface area (Å²) in [5.74, 6) is -0.107. The smallest absolute Gasteiger partial charge is 0.261 e. The Bertz CT molecular complexity index is 996. The van der Waals surface area contributed by atoms with Crippen molar-refractivity contribution < 1.29 is 4.79 Å². The molecule has 2 aromatic heterocycles. The first kappa shape index (κ1) is 19.5. The molecule has 1 amide bonds. The number of fused-ring (bicyclic) bond motifs is 3. The van der Waals surface area contributed by atoms with Gasteiger partial charge in [-0.1, -0.05) is 35.3 Å². The van der Waals surface area contributed by atoms with Gasteiger partial charge in [0.05, 0.1) is 21.8 Å². The molecule has 0 fully saturated rings. The number of benzene rings is 1. The second kappa shape index (κ2) is 8.25. The number of aromatic nitrogens is 2. The van der Waals surface area contributed by atoms with Crippen LogP contribution in [0.25, 0.3) is 11.3 Å². The van der Waals surface area contributed by atoms with Gasteiger partial charge in [0.1, 0.15) is 0 Å². The molecule has 0 bridgehead atoms. The van der Waals surface area contributed by atoms with Crippen molar-refractivity contribution in [3.05, 3.63) is 61.9 Å². The van der Waals surface area contributed by atoms with Crippen LogP contribution in [0.3, 0.4) is 0 Å². The Morgan fingerprint density at radius 1 is 1.32 bits per heavy atom. The van der Waals surface area contributed by atoms with E-state index in [2.05, 4.69) is 10.4 Å². The van der Waals surface area contributed by atoms with Gasteiger partial charge in [-0.15, -0.1) is 11.3 Å². The minimum absolute atomic E-state index is 0.107. The summed E-state index contributed by atoms with van der Waals surface area (Å²) in [6.45, 7) is 1.19. The molecule has 1 unspecified atom stereocenters. The van der Waals surface area contributed by atoms with Crippen molar-refractivity contribution in [2.75, 3.05) is 6.54 Å². The van der Waals surface area contributed by atoms with E-state index in [0.29, 0.717) is 27.9 Å². The molecule has 0 saturated carbocycles. The molecule has 3 N–H and O–H groups in total. The van der Waals surface area contributed by atoms with Crippen LogP contribution >= 0.6 is 34.5 Å². The number of carbonyl (C=O) groups is 1. The molecule has 1 aromatic carbocycles. The summed E-state index contributed by atoms with van der Waals surface area (Å²) >= 11 is 13.8. The third kappa shape index (κ3) is 3.96. The van der Waals surface area contributed by atoms with Gasteiger partial charge in [0.15, 0.2) is 0 Å². The molecule has 1 aliphatic rings. The van der Waals surface area contributed by atoms with Gasteiger partial charge in [-0.05, 0) is 43.0 Å². The van der Waals surface area contributed by atoms with E-state index in [1.165, 1.54) is 16.2 Å². The van der Waals surface area contributed by atoms with E-state index in [0.717, 1.165) is 36.2 Å². The summed E-state index contributed by atoms with van der Waals surface area (Å²) in [5, 5.41) is 8.72. The lowest BCUT2D eigenvalue weighted by Gasteiger charge is -2.16. The van der Waals surface area contributed by atoms with Crippen LogP contribution in [0.15, 0.2) is 36.5 Å². The zero-order valence-electron chi connectivity index (χ0n) is 15.1. The number of halogens is 2. The minimum atomic E-state index is -0.148. The Morgan fingerprint density at radius 2 is 2.11 bits per heavy atom. The number of carbonyl (C=O) groups excluding carboxylic acids is 1. The first-order chi connectivity index (χ1) is 13.5. The second-order valence-electron chi connectivity index (χ2n) is 6.85. The van der Waals surface area contributed by atoms with Crippen molar-refractivity contribution in [3.8, 4) is 11.3 Å². The van der Waals surface area contributed by atoms with Crippen LogP contribution in [0.2, 0.25) is 10.0 Å². The molecule has 0 aliphatic carbocycles. The molecule has 4 rings (SSSR count). The third-order valence-electron chi connectivity index (χ3n) is 4.87. The maximum Gasteiger partial charge on any atom is 0.261 e. The van der Waals surface area contributed by atoms with Crippen LogP contribution in [-0.4, -0.2) is 28.3 Å². The lowest BCUT2D eigenvalue weighted by atomic mass is 10.1. The number of amides is 1. The predicted molar refractivity (Wildman–Crippen MR) is 114 cm³/mol. The fraction of sp³-hybridized carbons (Fsp3) is 0.300. The van der Waals surface area contributed by atoms with Gasteiger partial charge in [-0.25, -0.2) is 0 Å². The first-order valence-electron chi connectivity index (χ1n) is 9.15. The van der Waals surface area contributed by atoms with Gasteiger partial charge in [0.25, 0.3) is 5.91 Å². The van der Waals surface area contributed by atoms with Crippen molar-refractivity contribution in [2.24, 2.45) is 5.73 Å². The fourth-order valence-electron chi connectivity index (χ4n) is 3.47. The Kier molecular flexibility index (Phi) is 5.73. The summed E-state index contributed by atoms with van der Waals surface area (Å²) in [6.07, 6.45) is 4.21. The molecule has 1 atom stereocenters. The minimum Gasteiger partial charge on any atom is -0.347 e. The average molecular weight is 435 g/mol. The van der Waals surface area contributed by atoms with E-state index in [-0.39, 0.29) is 11.9 Å². The maximum absolute atomic E-state index is 12.9. The van der Waals surface area contributed by atoms with Crippen LogP contribution in [0.1, 0.15) is 26.5 Å². The normalized spacial score (nSPS) is 14.1. The zero-order valence-corrected chi connectivity index (χ0v) is 17.4. The molecule has 5 nitrogen and oxygen atoms in total. The van der Waals surface area contributed by atoms with Crippen molar-refractivity contribution in [3.63, 3.8) is 0 Å². The fourth-order valence-corrected chi connectivity index (χ4v) is 4.95. The Morgan fingerprint density at radius 3 is 2.86 bits per heavy atom. The van der Waals surface area contributed by atoms with Crippen LogP contribution in [-0.2, 0) is 19.4 Å². The zero-order chi connectivity index (χ0) is 19.7.